The van der Waals surface area contributed by atoms with Crippen LogP contribution in [0.3, 0.4) is 0 Å². The van der Waals surface area contributed by atoms with E-state index in [4.69, 9.17) is 16.3 Å². The third-order valence-corrected chi connectivity index (χ3v) is 3.23. The number of hydrogen-bond acceptors (Lipinski definition) is 4. The minimum atomic E-state index is -0.299. The molecule has 0 atom stereocenters. The van der Waals surface area contributed by atoms with Crippen molar-refractivity contribution in [3.05, 3.63) is 53.4 Å². The predicted molar refractivity (Wildman–Crippen MR) is 78.9 cm³/mol. The van der Waals surface area contributed by atoms with Crippen molar-refractivity contribution in [2.24, 2.45) is 0 Å². The van der Waals surface area contributed by atoms with Crippen molar-refractivity contribution in [2.75, 3.05) is 12.4 Å². The molecule has 0 saturated heterocycles. The van der Waals surface area contributed by atoms with Crippen molar-refractivity contribution < 1.29 is 9.53 Å². The number of rotatable bonds is 3. The van der Waals surface area contributed by atoms with Gasteiger partial charge in [-0.2, -0.15) is 5.10 Å². The van der Waals surface area contributed by atoms with E-state index in [0.717, 1.165) is 0 Å². The fraction of sp³-hybridized carbons (Fsp3) is 0.0714. The first kappa shape index (κ1) is 13.4. The first-order chi connectivity index (χ1) is 10.2. The zero-order valence-corrected chi connectivity index (χ0v) is 11.8. The molecule has 1 N–H and O–H groups in total. The normalized spacial score (nSPS) is 10.6. The summed E-state index contributed by atoms with van der Waals surface area (Å²) in [6.45, 7) is 0. The highest BCUT2D eigenvalue weighted by Gasteiger charge is 2.12. The largest absolute Gasteiger partial charge is 0.495 e. The van der Waals surface area contributed by atoms with E-state index in [0.29, 0.717) is 27.8 Å². The molecule has 106 valence electrons. The first-order valence-corrected chi connectivity index (χ1v) is 6.50. The number of carbonyl (C=O) groups excluding carboxylic acids is 1. The van der Waals surface area contributed by atoms with Gasteiger partial charge in [0.25, 0.3) is 5.91 Å². The number of hydrogen-bond donors (Lipinski definition) is 1. The van der Waals surface area contributed by atoms with E-state index in [9.17, 15) is 4.79 Å². The van der Waals surface area contributed by atoms with Crippen LogP contribution in [0.4, 0.5) is 5.69 Å². The number of anilines is 1. The summed E-state index contributed by atoms with van der Waals surface area (Å²) in [6.07, 6.45) is 3.15. The van der Waals surface area contributed by atoms with Crippen molar-refractivity contribution in [3.63, 3.8) is 0 Å². The van der Waals surface area contributed by atoms with Crippen LogP contribution in [0.5, 0.6) is 5.75 Å². The van der Waals surface area contributed by atoms with Gasteiger partial charge in [-0.15, -0.1) is 0 Å². The van der Waals surface area contributed by atoms with Crippen molar-refractivity contribution in [1.82, 2.24) is 14.6 Å². The Morgan fingerprint density at radius 3 is 2.90 bits per heavy atom. The van der Waals surface area contributed by atoms with Crippen molar-refractivity contribution in [1.29, 1.82) is 0 Å². The molecule has 0 saturated carbocycles. The molecule has 0 bridgehead atoms. The Morgan fingerprint density at radius 2 is 2.14 bits per heavy atom. The van der Waals surface area contributed by atoms with Gasteiger partial charge in [0, 0.05) is 18.0 Å². The number of halogens is 1. The molecule has 7 heteroatoms. The fourth-order valence-corrected chi connectivity index (χ4v) is 2.20. The Kier molecular flexibility index (Phi) is 3.45. The number of nitrogens with one attached hydrogen (secondary N) is 1. The number of aromatic nitrogens is 3. The SMILES string of the molecule is COc1ccc(NC(=O)c2ccnc3ccnn23)cc1Cl. The van der Waals surface area contributed by atoms with Gasteiger partial charge in [-0.3, -0.25) is 4.79 Å². The van der Waals surface area contributed by atoms with Crippen molar-refractivity contribution in [2.45, 2.75) is 0 Å². The van der Waals surface area contributed by atoms with Gasteiger partial charge in [0.1, 0.15) is 11.4 Å². The van der Waals surface area contributed by atoms with Crippen LogP contribution in [0.25, 0.3) is 5.65 Å². The van der Waals surface area contributed by atoms with Crippen molar-refractivity contribution in [3.8, 4) is 5.75 Å². The van der Waals surface area contributed by atoms with Gasteiger partial charge in [0.15, 0.2) is 5.65 Å². The Hall–Kier alpha value is -2.60. The minimum Gasteiger partial charge on any atom is -0.495 e. The number of fused-ring (bicyclic) bond motifs is 1. The molecule has 6 nitrogen and oxygen atoms in total. The molecule has 1 amide bonds. The van der Waals surface area contributed by atoms with Crippen LogP contribution in [0.2, 0.25) is 5.02 Å². The highest BCUT2D eigenvalue weighted by Crippen LogP contribution is 2.27. The third kappa shape index (κ3) is 2.53. The Bertz CT molecular complexity index is 816. The standard InChI is InChI=1S/C14H11ClN4O2/c1-21-12-3-2-9(8-10(12)15)18-14(20)11-4-6-16-13-5-7-17-19(11)13/h2-8H,1H3,(H,18,20). The summed E-state index contributed by atoms with van der Waals surface area (Å²) in [5.41, 5.74) is 1.57. The maximum atomic E-state index is 12.3. The summed E-state index contributed by atoms with van der Waals surface area (Å²) in [6, 6.07) is 8.35. The molecular weight excluding hydrogens is 292 g/mol. The van der Waals surface area contributed by atoms with Gasteiger partial charge in [0.05, 0.1) is 18.3 Å². The van der Waals surface area contributed by atoms with Crippen LogP contribution >= 0.6 is 11.6 Å². The van der Waals surface area contributed by atoms with Gasteiger partial charge in [-0.05, 0) is 24.3 Å². The molecule has 0 aliphatic heterocycles. The Labute approximate surface area is 125 Å². The molecule has 0 aliphatic carbocycles. The highest BCUT2D eigenvalue weighted by molar-refractivity contribution is 6.32. The lowest BCUT2D eigenvalue weighted by atomic mass is 10.3. The van der Waals surface area contributed by atoms with E-state index >= 15 is 0 Å². The Balaban J connectivity index is 1.89. The summed E-state index contributed by atoms with van der Waals surface area (Å²) in [4.78, 5) is 16.4. The molecule has 0 unspecified atom stereocenters. The Morgan fingerprint density at radius 1 is 1.29 bits per heavy atom. The molecule has 0 spiro atoms. The number of ether oxygens (including phenoxy) is 1. The lowest BCUT2D eigenvalue weighted by Gasteiger charge is -2.08. The lowest BCUT2D eigenvalue weighted by Crippen LogP contribution is -2.16. The van der Waals surface area contributed by atoms with Gasteiger partial charge < -0.3 is 10.1 Å². The molecule has 3 aromatic rings. The number of benzene rings is 1. The second-order valence-corrected chi connectivity index (χ2v) is 4.64. The van der Waals surface area contributed by atoms with E-state index < -0.39 is 0 Å². The van der Waals surface area contributed by atoms with Gasteiger partial charge in [-0.1, -0.05) is 11.6 Å². The fourth-order valence-electron chi connectivity index (χ4n) is 1.95. The van der Waals surface area contributed by atoms with Crippen LogP contribution in [0.1, 0.15) is 10.5 Å². The topological polar surface area (TPSA) is 68.5 Å². The van der Waals surface area contributed by atoms with Crippen LogP contribution in [0.15, 0.2) is 42.7 Å². The number of carbonyl (C=O) groups is 1. The van der Waals surface area contributed by atoms with Gasteiger partial charge in [0.2, 0.25) is 0 Å². The molecule has 21 heavy (non-hydrogen) atoms. The monoisotopic (exact) mass is 302 g/mol. The summed E-state index contributed by atoms with van der Waals surface area (Å²) in [7, 11) is 1.53. The maximum Gasteiger partial charge on any atom is 0.274 e. The maximum absolute atomic E-state index is 12.3. The molecule has 2 heterocycles. The molecule has 0 radical (unpaired) electrons. The smallest absolute Gasteiger partial charge is 0.274 e. The summed E-state index contributed by atoms with van der Waals surface area (Å²) in [5.74, 6) is 0.250. The summed E-state index contributed by atoms with van der Waals surface area (Å²) < 4.78 is 6.54. The van der Waals surface area contributed by atoms with E-state index in [1.165, 1.54) is 11.6 Å². The van der Waals surface area contributed by atoms with Gasteiger partial charge >= 0.3 is 0 Å². The second kappa shape index (κ2) is 5.41. The molecule has 1 aromatic carbocycles. The minimum absolute atomic E-state index is 0.299. The zero-order valence-electron chi connectivity index (χ0n) is 11.1. The molecule has 0 fully saturated rings. The molecule has 3 rings (SSSR count). The molecule has 2 aromatic heterocycles. The third-order valence-electron chi connectivity index (χ3n) is 2.93. The first-order valence-electron chi connectivity index (χ1n) is 6.12. The van der Waals surface area contributed by atoms with Crippen LogP contribution in [0, 0.1) is 0 Å². The second-order valence-electron chi connectivity index (χ2n) is 4.23. The number of methoxy groups -OCH3 is 1. The van der Waals surface area contributed by atoms with Crippen LogP contribution < -0.4 is 10.1 Å². The molecule has 0 aliphatic rings. The van der Waals surface area contributed by atoms with E-state index in [2.05, 4.69) is 15.4 Å². The zero-order chi connectivity index (χ0) is 14.8. The van der Waals surface area contributed by atoms with E-state index in [1.807, 2.05) is 0 Å². The summed E-state index contributed by atoms with van der Waals surface area (Å²) in [5, 5.41) is 7.26. The summed E-state index contributed by atoms with van der Waals surface area (Å²) >= 11 is 6.03. The van der Waals surface area contributed by atoms with Gasteiger partial charge in [-0.25, -0.2) is 9.50 Å². The highest BCUT2D eigenvalue weighted by atomic mass is 35.5. The van der Waals surface area contributed by atoms with Crippen LogP contribution in [-0.2, 0) is 0 Å². The number of nitrogens with zero attached hydrogens (tertiary/aromatic N) is 3. The lowest BCUT2D eigenvalue weighted by molar-refractivity contribution is 0.102. The molecular formula is C14H11ClN4O2. The number of amides is 1. The van der Waals surface area contributed by atoms with E-state index in [1.54, 1.807) is 42.7 Å². The van der Waals surface area contributed by atoms with E-state index in [-0.39, 0.29) is 5.91 Å². The average molecular weight is 303 g/mol. The quantitative estimate of drug-likeness (QED) is 0.807. The predicted octanol–water partition coefficient (Wildman–Crippen LogP) is 2.64. The average Bonchev–Trinajstić information content (AvgIpc) is 2.95. The van der Waals surface area contributed by atoms with Crippen LogP contribution in [-0.4, -0.2) is 27.6 Å². The van der Waals surface area contributed by atoms with Crippen molar-refractivity contribution >= 4 is 28.8 Å².